The van der Waals surface area contributed by atoms with E-state index in [2.05, 4.69) is 15.6 Å². The van der Waals surface area contributed by atoms with Gasteiger partial charge >= 0.3 is 12.4 Å². The molecule has 0 aliphatic carbocycles. The Kier molecular flexibility index (Phi) is 6.07. The van der Waals surface area contributed by atoms with Gasteiger partial charge < -0.3 is 10.6 Å². The zero-order valence-electron chi connectivity index (χ0n) is 11.6. The van der Waals surface area contributed by atoms with Crippen molar-refractivity contribution in [3.05, 3.63) is 35.4 Å². The molecule has 0 amide bonds. The second kappa shape index (κ2) is 7.37. The fourth-order valence-electron chi connectivity index (χ4n) is 1.54. The smallest absolute Gasteiger partial charge is 0.356 e. The average molecular weight is 327 g/mol. The van der Waals surface area contributed by atoms with Gasteiger partial charge in [-0.15, -0.1) is 0 Å². The van der Waals surface area contributed by atoms with Crippen LogP contribution in [0.4, 0.5) is 26.3 Å². The number of benzene rings is 1. The van der Waals surface area contributed by atoms with Crippen LogP contribution < -0.4 is 10.6 Å². The molecule has 3 nitrogen and oxygen atoms in total. The van der Waals surface area contributed by atoms with E-state index in [-0.39, 0.29) is 19.0 Å². The minimum atomic E-state index is -4.40. The molecular formula is C13H15F6N3. The molecule has 1 aromatic rings. The second-order valence-corrected chi connectivity index (χ2v) is 4.41. The summed E-state index contributed by atoms with van der Waals surface area (Å²) in [6, 6.07) is 4.46. The molecule has 0 saturated heterocycles. The highest BCUT2D eigenvalue weighted by molar-refractivity contribution is 5.79. The molecule has 0 aliphatic rings. The van der Waals surface area contributed by atoms with Gasteiger partial charge in [0.2, 0.25) is 0 Å². The van der Waals surface area contributed by atoms with Crippen LogP contribution in [0.2, 0.25) is 0 Å². The standard InChI is InChI=1S/C13H15F6N3/c1-20-11(21-7-6-12(14,15)16)22-8-9-2-4-10(5-3-9)13(17,18)19/h2-5H,6-8H2,1H3,(H2,20,21,22). The normalized spacial score (nSPS) is 13.1. The van der Waals surface area contributed by atoms with Crippen LogP contribution in [0.3, 0.4) is 0 Å². The van der Waals surface area contributed by atoms with Gasteiger partial charge in [0, 0.05) is 20.1 Å². The third kappa shape index (κ3) is 6.68. The monoisotopic (exact) mass is 327 g/mol. The molecule has 0 heterocycles. The zero-order chi connectivity index (χ0) is 16.8. The van der Waals surface area contributed by atoms with Crippen molar-refractivity contribution in [1.82, 2.24) is 10.6 Å². The van der Waals surface area contributed by atoms with E-state index in [1.54, 1.807) is 0 Å². The lowest BCUT2D eigenvalue weighted by Crippen LogP contribution is -2.38. The Bertz CT molecular complexity index is 490. The Labute approximate surface area is 123 Å². The van der Waals surface area contributed by atoms with Crippen molar-refractivity contribution in [1.29, 1.82) is 0 Å². The SMILES string of the molecule is CN=C(NCCC(F)(F)F)NCc1ccc(C(F)(F)F)cc1. The predicted molar refractivity (Wildman–Crippen MR) is 70.3 cm³/mol. The Morgan fingerprint density at radius 2 is 1.59 bits per heavy atom. The maximum absolute atomic E-state index is 12.4. The number of hydrogen-bond acceptors (Lipinski definition) is 1. The van der Waals surface area contributed by atoms with Crippen LogP contribution in [-0.4, -0.2) is 25.7 Å². The van der Waals surface area contributed by atoms with Crippen molar-refractivity contribution in [3.8, 4) is 0 Å². The summed E-state index contributed by atoms with van der Waals surface area (Å²) >= 11 is 0. The summed E-state index contributed by atoms with van der Waals surface area (Å²) in [7, 11) is 1.38. The summed E-state index contributed by atoms with van der Waals surface area (Å²) in [4.78, 5) is 3.73. The molecule has 0 atom stereocenters. The van der Waals surface area contributed by atoms with Gasteiger partial charge in [-0.05, 0) is 17.7 Å². The van der Waals surface area contributed by atoms with Crippen LogP contribution in [0.5, 0.6) is 0 Å². The molecule has 9 heteroatoms. The Morgan fingerprint density at radius 3 is 2.05 bits per heavy atom. The third-order valence-corrected chi connectivity index (χ3v) is 2.67. The van der Waals surface area contributed by atoms with E-state index >= 15 is 0 Å². The highest BCUT2D eigenvalue weighted by atomic mass is 19.4. The first kappa shape index (κ1) is 18.1. The van der Waals surface area contributed by atoms with E-state index in [0.717, 1.165) is 12.1 Å². The first-order valence-electron chi connectivity index (χ1n) is 6.29. The quantitative estimate of drug-likeness (QED) is 0.506. The Balaban J connectivity index is 2.47. The van der Waals surface area contributed by atoms with E-state index < -0.39 is 24.3 Å². The van der Waals surface area contributed by atoms with Crippen molar-refractivity contribution >= 4 is 5.96 Å². The van der Waals surface area contributed by atoms with E-state index in [4.69, 9.17) is 0 Å². The minimum absolute atomic E-state index is 0.143. The van der Waals surface area contributed by atoms with Gasteiger partial charge in [0.05, 0.1) is 12.0 Å². The largest absolute Gasteiger partial charge is 0.416 e. The second-order valence-electron chi connectivity index (χ2n) is 4.41. The Morgan fingerprint density at radius 1 is 1.00 bits per heavy atom. The number of rotatable bonds is 4. The van der Waals surface area contributed by atoms with Crippen molar-refractivity contribution in [3.63, 3.8) is 0 Å². The minimum Gasteiger partial charge on any atom is -0.356 e. The lowest BCUT2D eigenvalue weighted by molar-refractivity contribution is -0.137. The van der Waals surface area contributed by atoms with Crippen molar-refractivity contribution in [2.24, 2.45) is 4.99 Å². The zero-order valence-corrected chi connectivity index (χ0v) is 11.6. The van der Waals surface area contributed by atoms with Crippen molar-refractivity contribution < 1.29 is 26.3 Å². The van der Waals surface area contributed by atoms with Gasteiger partial charge in [0.15, 0.2) is 5.96 Å². The van der Waals surface area contributed by atoms with Crippen LogP contribution in [0.25, 0.3) is 0 Å². The van der Waals surface area contributed by atoms with Gasteiger partial charge in [-0.2, -0.15) is 26.3 Å². The molecule has 0 bridgehead atoms. The number of halogens is 6. The first-order chi connectivity index (χ1) is 10.1. The van der Waals surface area contributed by atoms with Gasteiger partial charge in [-0.25, -0.2) is 0 Å². The number of nitrogens with one attached hydrogen (secondary N) is 2. The number of aliphatic imine (C=N–C) groups is 1. The molecule has 22 heavy (non-hydrogen) atoms. The predicted octanol–water partition coefficient (Wildman–Crippen LogP) is 3.32. The summed E-state index contributed by atoms with van der Waals surface area (Å²) in [6.07, 6.45) is -9.67. The van der Waals surface area contributed by atoms with Crippen molar-refractivity contribution in [2.45, 2.75) is 25.3 Å². The Hall–Kier alpha value is -1.93. The molecular weight excluding hydrogens is 312 g/mol. The highest BCUT2D eigenvalue weighted by Crippen LogP contribution is 2.29. The molecule has 0 radical (unpaired) electrons. The number of hydrogen-bond donors (Lipinski definition) is 2. The number of nitrogens with zero attached hydrogens (tertiary/aromatic N) is 1. The molecule has 1 rings (SSSR count). The van der Waals surface area contributed by atoms with Crippen LogP contribution in [-0.2, 0) is 12.7 Å². The van der Waals surface area contributed by atoms with Gasteiger partial charge in [-0.3, -0.25) is 4.99 Å². The van der Waals surface area contributed by atoms with Crippen molar-refractivity contribution in [2.75, 3.05) is 13.6 Å². The number of alkyl halides is 6. The molecule has 2 N–H and O–H groups in total. The molecule has 124 valence electrons. The molecule has 0 unspecified atom stereocenters. The highest BCUT2D eigenvalue weighted by Gasteiger charge is 2.30. The fraction of sp³-hybridized carbons (Fsp3) is 0.462. The lowest BCUT2D eigenvalue weighted by atomic mass is 10.1. The van der Waals surface area contributed by atoms with Crippen LogP contribution in [0.15, 0.2) is 29.3 Å². The number of guanidine groups is 1. The van der Waals surface area contributed by atoms with E-state index in [0.29, 0.717) is 5.56 Å². The van der Waals surface area contributed by atoms with Gasteiger partial charge in [0.25, 0.3) is 0 Å². The maximum Gasteiger partial charge on any atom is 0.416 e. The maximum atomic E-state index is 12.4. The van der Waals surface area contributed by atoms with E-state index in [1.807, 2.05) is 0 Å². The topological polar surface area (TPSA) is 36.4 Å². The molecule has 0 aromatic heterocycles. The third-order valence-electron chi connectivity index (χ3n) is 2.67. The van der Waals surface area contributed by atoms with Crippen LogP contribution in [0.1, 0.15) is 17.5 Å². The van der Waals surface area contributed by atoms with Gasteiger partial charge in [0.1, 0.15) is 0 Å². The average Bonchev–Trinajstić information content (AvgIpc) is 2.41. The van der Waals surface area contributed by atoms with Crippen LogP contribution >= 0.6 is 0 Å². The fourth-order valence-corrected chi connectivity index (χ4v) is 1.54. The summed E-state index contributed by atoms with van der Waals surface area (Å²) in [6.45, 7) is -0.194. The van der Waals surface area contributed by atoms with Crippen LogP contribution in [0, 0.1) is 0 Å². The lowest BCUT2D eigenvalue weighted by Gasteiger charge is -2.13. The molecule has 0 aliphatic heterocycles. The van der Waals surface area contributed by atoms with E-state index in [1.165, 1.54) is 19.2 Å². The molecule has 0 saturated carbocycles. The molecule has 1 aromatic carbocycles. The summed E-state index contributed by atoms with van der Waals surface area (Å²) < 4.78 is 73.2. The van der Waals surface area contributed by atoms with Gasteiger partial charge in [-0.1, -0.05) is 12.1 Å². The summed E-state index contributed by atoms with van der Waals surface area (Å²) in [5.74, 6) is 0.143. The first-order valence-corrected chi connectivity index (χ1v) is 6.29. The summed E-state index contributed by atoms with van der Waals surface area (Å²) in [5, 5.41) is 5.19. The molecule has 0 fully saturated rings. The molecule has 0 spiro atoms. The summed E-state index contributed by atoms with van der Waals surface area (Å²) in [5.41, 5.74) is -0.212. The van der Waals surface area contributed by atoms with E-state index in [9.17, 15) is 26.3 Å².